The molecule has 0 fully saturated rings. The summed E-state index contributed by atoms with van der Waals surface area (Å²) in [5.41, 5.74) is 2.70. The van der Waals surface area contributed by atoms with Crippen LogP contribution in [-0.4, -0.2) is 6.54 Å². The van der Waals surface area contributed by atoms with Crippen LogP contribution < -0.4 is 5.32 Å². The van der Waals surface area contributed by atoms with Crippen LogP contribution in [0.15, 0.2) is 12.1 Å². The zero-order chi connectivity index (χ0) is 10.3. The van der Waals surface area contributed by atoms with Gasteiger partial charge in [-0.25, -0.2) is 0 Å². The maximum atomic E-state index is 6.26. The van der Waals surface area contributed by atoms with Crippen LogP contribution in [0.3, 0.4) is 0 Å². The van der Waals surface area contributed by atoms with Gasteiger partial charge in [0.05, 0.1) is 5.69 Å². The van der Waals surface area contributed by atoms with Gasteiger partial charge >= 0.3 is 0 Å². The zero-order valence-corrected chi connectivity index (χ0v) is 11.2. The fourth-order valence-electron chi connectivity index (χ4n) is 2.01. The minimum Gasteiger partial charge on any atom is -0.384 e. The van der Waals surface area contributed by atoms with E-state index in [1.807, 2.05) is 6.07 Å². The topological polar surface area (TPSA) is 12.0 Å². The molecule has 0 atom stereocenters. The van der Waals surface area contributed by atoms with Crippen LogP contribution >= 0.6 is 34.2 Å². The van der Waals surface area contributed by atoms with Crippen molar-refractivity contribution in [1.82, 2.24) is 0 Å². The summed E-state index contributed by atoms with van der Waals surface area (Å²) in [4.78, 5) is 0. The second-order valence-electron chi connectivity index (χ2n) is 4.34. The Morgan fingerprint density at radius 1 is 1.43 bits per heavy atom. The lowest BCUT2D eigenvalue weighted by Gasteiger charge is -2.34. The number of rotatable bonds is 0. The molecule has 0 saturated carbocycles. The third-order valence-corrected chi connectivity index (χ3v) is 4.05. The monoisotopic (exact) mass is 321 g/mol. The molecule has 76 valence electrons. The van der Waals surface area contributed by atoms with Crippen molar-refractivity contribution < 1.29 is 0 Å². The lowest BCUT2D eigenvalue weighted by atomic mass is 9.78. The molecule has 1 N–H and O–H groups in total. The molecule has 0 bridgehead atoms. The SMILES string of the molecule is CC1(C)CCNc2c(I)ccc(Cl)c21. The van der Waals surface area contributed by atoms with Gasteiger partial charge in [-0.3, -0.25) is 0 Å². The normalized spacial score (nSPS) is 18.6. The Morgan fingerprint density at radius 3 is 2.79 bits per heavy atom. The molecule has 1 aromatic carbocycles. The third kappa shape index (κ3) is 1.63. The van der Waals surface area contributed by atoms with E-state index in [9.17, 15) is 0 Å². The first kappa shape index (κ1) is 10.6. The molecule has 0 amide bonds. The summed E-state index contributed by atoms with van der Waals surface area (Å²) in [6, 6.07) is 4.06. The summed E-state index contributed by atoms with van der Waals surface area (Å²) >= 11 is 8.61. The van der Waals surface area contributed by atoms with Gasteiger partial charge in [0.25, 0.3) is 0 Å². The van der Waals surface area contributed by atoms with E-state index < -0.39 is 0 Å². The van der Waals surface area contributed by atoms with E-state index in [0.29, 0.717) is 0 Å². The van der Waals surface area contributed by atoms with Gasteiger partial charge in [-0.15, -0.1) is 0 Å². The van der Waals surface area contributed by atoms with Gasteiger partial charge in [0, 0.05) is 20.7 Å². The molecule has 0 spiro atoms. The van der Waals surface area contributed by atoms with Gasteiger partial charge in [0.2, 0.25) is 0 Å². The van der Waals surface area contributed by atoms with Crippen LogP contribution in [0.1, 0.15) is 25.8 Å². The third-order valence-electron chi connectivity index (χ3n) is 2.83. The molecule has 1 aliphatic heterocycles. The quantitative estimate of drug-likeness (QED) is 0.711. The summed E-state index contributed by atoms with van der Waals surface area (Å²) in [7, 11) is 0. The zero-order valence-electron chi connectivity index (χ0n) is 8.32. The summed E-state index contributed by atoms with van der Waals surface area (Å²) in [6.07, 6.45) is 1.14. The van der Waals surface area contributed by atoms with Crippen molar-refractivity contribution >= 4 is 39.9 Å². The average molecular weight is 322 g/mol. The van der Waals surface area contributed by atoms with E-state index in [1.165, 1.54) is 14.8 Å². The summed E-state index contributed by atoms with van der Waals surface area (Å²) < 4.78 is 1.26. The minimum absolute atomic E-state index is 0.193. The second-order valence-corrected chi connectivity index (χ2v) is 5.91. The molecule has 14 heavy (non-hydrogen) atoms. The molecule has 0 radical (unpaired) electrons. The highest BCUT2D eigenvalue weighted by molar-refractivity contribution is 14.1. The molecule has 0 saturated heterocycles. The van der Waals surface area contributed by atoms with E-state index in [-0.39, 0.29) is 5.41 Å². The highest BCUT2D eigenvalue weighted by Crippen LogP contribution is 2.42. The summed E-state index contributed by atoms with van der Waals surface area (Å²) in [6.45, 7) is 5.56. The van der Waals surface area contributed by atoms with Crippen LogP contribution in [-0.2, 0) is 5.41 Å². The number of halogens is 2. The van der Waals surface area contributed by atoms with Crippen molar-refractivity contribution in [2.45, 2.75) is 25.7 Å². The Balaban J connectivity index is 2.67. The van der Waals surface area contributed by atoms with E-state index >= 15 is 0 Å². The predicted molar refractivity (Wildman–Crippen MR) is 70.3 cm³/mol. The van der Waals surface area contributed by atoms with Gasteiger partial charge in [-0.2, -0.15) is 0 Å². The molecule has 0 aromatic heterocycles. The van der Waals surface area contributed by atoms with E-state index in [2.05, 4.69) is 47.8 Å². The second kappa shape index (κ2) is 3.56. The lowest BCUT2D eigenvalue weighted by molar-refractivity contribution is 0.482. The number of benzene rings is 1. The van der Waals surface area contributed by atoms with Crippen molar-refractivity contribution in [3.63, 3.8) is 0 Å². The molecule has 0 unspecified atom stereocenters. The molecule has 1 aliphatic rings. The summed E-state index contributed by atoms with van der Waals surface area (Å²) in [5.74, 6) is 0. The van der Waals surface area contributed by atoms with Gasteiger partial charge in [0.1, 0.15) is 0 Å². The first-order chi connectivity index (χ1) is 6.52. The number of hydrogen-bond donors (Lipinski definition) is 1. The Morgan fingerprint density at radius 2 is 2.14 bits per heavy atom. The van der Waals surface area contributed by atoms with Gasteiger partial charge in [0.15, 0.2) is 0 Å². The minimum atomic E-state index is 0.193. The van der Waals surface area contributed by atoms with Crippen LogP contribution in [0.4, 0.5) is 5.69 Å². The number of nitrogens with one attached hydrogen (secondary N) is 1. The van der Waals surface area contributed by atoms with Crippen molar-refractivity contribution in [1.29, 1.82) is 0 Å². The van der Waals surface area contributed by atoms with Crippen LogP contribution in [0, 0.1) is 3.57 Å². The smallest absolute Gasteiger partial charge is 0.0528 e. The maximum Gasteiger partial charge on any atom is 0.0528 e. The molecular formula is C11H13ClIN. The Hall–Kier alpha value is 0.0400. The molecular weight excluding hydrogens is 308 g/mol. The van der Waals surface area contributed by atoms with Crippen LogP contribution in [0.2, 0.25) is 5.02 Å². The molecule has 1 heterocycles. The van der Waals surface area contributed by atoms with Crippen LogP contribution in [0.25, 0.3) is 0 Å². The van der Waals surface area contributed by atoms with E-state index in [4.69, 9.17) is 11.6 Å². The maximum absolute atomic E-state index is 6.26. The first-order valence-electron chi connectivity index (χ1n) is 4.75. The Labute approximate surface area is 103 Å². The number of fused-ring (bicyclic) bond motifs is 1. The molecule has 0 aliphatic carbocycles. The lowest BCUT2D eigenvalue weighted by Crippen LogP contribution is -2.29. The van der Waals surface area contributed by atoms with Crippen LogP contribution in [0.5, 0.6) is 0 Å². The van der Waals surface area contributed by atoms with E-state index in [0.717, 1.165) is 18.0 Å². The Kier molecular flexibility index (Phi) is 2.68. The largest absolute Gasteiger partial charge is 0.384 e. The van der Waals surface area contributed by atoms with Gasteiger partial charge < -0.3 is 5.32 Å². The van der Waals surface area contributed by atoms with Crippen molar-refractivity contribution in [3.05, 3.63) is 26.3 Å². The van der Waals surface area contributed by atoms with Crippen molar-refractivity contribution in [2.24, 2.45) is 0 Å². The predicted octanol–water partition coefficient (Wildman–Crippen LogP) is 4.04. The average Bonchev–Trinajstić information content (AvgIpc) is 2.10. The highest BCUT2D eigenvalue weighted by atomic mass is 127. The number of anilines is 1. The summed E-state index contributed by atoms with van der Waals surface area (Å²) in [5, 5.41) is 4.32. The fraction of sp³-hybridized carbons (Fsp3) is 0.455. The standard InChI is InChI=1S/C11H13ClIN/c1-11(2)5-6-14-10-8(13)4-3-7(12)9(10)11/h3-4,14H,5-6H2,1-2H3. The first-order valence-corrected chi connectivity index (χ1v) is 6.20. The van der Waals surface area contributed by atoms with Gasteiger partial charge in [-0.05, 0) is 46.6 Å². The van der Waals surface area contributed by atoms with Gasteiger partial charge in [-0.1, -0.05) is 25.4 Å². The Bertz CT molecular complexity index is 374. The molecule has 1 nitrogen and oxygen atoms in total. The van der Waals surface area contributed by atoms with Crippen molar-refractivity contribution in [3.8, 4) is 0 Å². The fourth-order valence-corrected chi connectivity index (χ4v) is 3.06. The highest BCUT2D eigenvalue weighted by Gasteiger charge is 2.30. The molecule has 3 heteroatoms. The molecule has 1 aromatic rings. The van der Waals surface area contributed by atoms with Crippen molar-refractivity contribution in [2.75, 3.05) is 11.9 Å². The van der Waals surface area contributed by atoms with E-state index in [1.54, 1.807) is 0 Å². The number of hydrogen-bond acceptors (Lipinski definition) is 1. The molecule has 2 rings (SSSR count).